The molecule has 140 valence electrons. The number of rotatable bonds is 4. The Balaban J connectivity index is 1.58. The minimum absolute atomic E-state index is 0.204. The van der Waals surface area contributed by atoms with E-state index in [4.69, 9.17) is 4.98 Å². The summed E-state index contributed by atoms with van der Waals surface area (Å²) in [7, 11) is 0. The molecule has 0 aliphatic carbocycles. The van der Waals surface area contributed by atoms with E-state index in [1.807, 2.05) is 18.6 Å². The van der Waals surface area contributed by atoms with Crippen LogP contribution in [0.25, 0.3) is 16.9 Å². The van der Waals surface area contributed by atoms with Crippen molar-refractivity contribution in [1.82, 2.24) is 29.9 Å². The second-order valence-electron chi connectivity index (χ2n) is 7.15. The van der Waals surface area contributed by atoms with Gasteiger partial charge in [-0.15, -0.1) is 0 Å². The SMILES string of the molecule is CC1=NSC(Nc2nc(C3CCCNC3)cn3c(-c4cn[nH]c4)cnc23)C1. The Morgan fingerprint density at radius 2 is 2.30 bits per heavy atom. The Hall–Kier alpha value is -2.39. The second kappa shape index (κ2) is 6.97. The first-order valence-electron chi connectivity index (χ1n) is 9.31. The fourth-order valence-corrected chi connectivity index (χ4v) is 4.60. The maximum atomic E-state index is 4.99. The Morgan fingerprint density at radius 1 is 1.33 bits per heavy atom. The first-order valence-corrected chi connectivity index (χ1v) is 10.2. The van der Waals surface area contributed by atoms with E-state index in [9.17, 15) is 0 Å². The maximum Gasteiger partial charge on any atom is 0.180 e. The number of hydrogen-bond donors (Lipinski definition) is 3. The lowest BCUT2D eigenvalue weighted by atomic mass is 9.96. The molecule has 3 aromatic rings. The zero-order valence-electron chi connectivity index (χ0n) is 15.1. The predicted octanol–water partition coefficient (Wildman–Crippen LogP) is 2.84. The molecule has 0 amide bonds. The first-order chi connectivity index (χ1) is 13.3. The number of aromatic amines is 1. The van der Waals surface area contributed by atoms with E-state index in [1.54, 1.807) is 11.9 Å². The zero-order chi connectivity index (χ0) is 18.2. The molecule has 9 heteroatoms. The van der Waals surface area contributed by atoms with Gasteiger partial charge in [0.25, 0.3) is 0 Å². The van der Waals surface area contributed by atoms with Gasteiger partial charge in [-0.1, -0.05) is 0 Å². The van der Waals surface area contributed by atoms with Gasteiger partial charge in [0.05, 0.1) is 23.8 Å². The largest absolute Gasteiger partial charge is 0.353 e. The van der Waals surface area contributed by atoms with E-state index in [1.165, 1.54) is 6.42 Å². The van der Waals surface area contributed by atoms with Crippen molar-refractivity contribution >= 4 is 29.1 Å². The van der Waals surface area contributed by atoms with Gasteiger partial charge < -0.3 is 10.6 Å². The highest BCUT2D eigenvalue weighted by molar-refractivity contribution is 7.99. The van der Waals surface area contributed by atoms with Gasteiger partial charge in [0.15, 0.2) is 11.5 Å². The molecule has 2 unspecified atom stereocenters. The number of H-pyrrole nitrogens is 1. The van der Waals surface area contributed by atoms with Crippen molar-refractivity contribution in [3.63, 3.8) is 0 Å². The molecule has 2 aliphatic heterocycles. The molecule has 3 aromatic heterocycles. The standard InChI is InChI=1S/C18H22N8S/c1-11-5-16(27-25-11)24-17-18-20-9-15(13-7-21-22-8-13)26(18)10-14(23-17)12-3-2-4-19-6-12/h7-10,12,16,19H,2-6H2,1H3,(H,21,22)(H,23,24). The van der Waals surface area contributed by atoms with Gasteiger partial charge in [-0.2, -0.15) is 5.10 Å². The molecule has 0 saturated carbocycles. The predicted molar refractivity (Wildman–Crippen MR) is 108 cm³/mol. The summed E-state index contributed by atoms with van der Waals surface area (Å²) in [4.78, 5) is 9.64. The maximum absolute atomic E-state index is 4.99. The number of piperidine rings is 1. The lowest BCUT2D eigenvalue weighted by Gasteiger charge is -2.23. The van der Waals surface area contributed by atoms with Gasteiger partial charge in [-0.3, -0.25) is 9.50 Å². The van der Waals surface area contributed by atoms with E-state index >= 15 is 0 Å². The van der Waals surface area contributed by atoms with Gasteiger partial charge in [0.2, 0.25) is 0 Å². The second-order valence-corrected chi connectivity index (χ2v) is 8.11. The zero-order valence-corrected chi connectivity index (χ0v) is 16.0. The highest BCUT2D eigenvalue weighted by Crippen LogP contribution is 2.31. The smallest absolute Gasteiger partial charge is 0.180 e. The number of nitrogens with one attached hydrogen (secondary N) is 3. The van der Waals surface area contributed by atoms with Crippen molar-refractivity contribution in [2.24, 2.45) is 4.40 Å². The van der Waals surface area contributed by atoms with Crippen LogP contribution in [0.5, 0.6) is 0 Å². The topological polar surface area (TPSA) is 95.3 Å². The number of imidazole rings is 1. The summed E-state index contributed by atoms with van der Waals surface area (Å²) in [6, 6.07) is 0. The normalized spacial score (nSPS) is 22.9. The van der Waals surface area contributed by atoms with E-state index in [0.29, 0.717) is 5.92 Å². The van der Waals surface area contributed by atoms with Gasteiger partial charge >= 0.3 is 0 Å². The number of anilines is 1. The van der Waals surface area contributed by atoms with Crippen molar-refractivity contribution in [1.29, 1.82) is 0 Å². The summed E-state index contributed by atoms with van der Waals surface area (Å²) in [6.45, 7) is 4.12. The molecule has 1 fully saturated rings. The Labute approximate surface area is 161 Å². The molecule has 27 heavy (non-hydrogen) atoms. The molecule has 8 nitrogen and oxygen atoms in total. The Morgan fingerprint density at radius 3 is 3.04 bits per heavy atom. The van der Waals surface area contributed by atoms with E-state index in [-0.39, 0.29) is 5.37 Å². The summed E-state index contributed by atoms with van der Waals surface area (Å²) in [5.74, 6) is 1.24. The van der Waals surface area contributed by atoms with Crippen LogP contribution in [-0.4, -0.2) is 48.7 Å². The quantitative estimate of drug-likeness (QED) is 0.601. The number of fused-ring (bicyclic) bond motifs is 1. The molecule has 0 radical (unpaired) electrons. The van der Waals surface area contributed by atoms with E-state index < -0.39 is 0 Å². The fourth-order valence-electron chi connectivity index (χ4n) is 3.74. The van der Waals surface area contributed by atoms with Gasteiger partial charge in [0, 0.05) is 42.6 Å². The van der Waals surface area contributed by atoms with Crippen molar-refractivity contribution < 1.29 is 0 Å². The van der Waals surface area contributed by atoms with Crippen LogP contribution in [0.15, 0.2) is 29.2 Å². The Bertz CT molecular complexity index is 971. The molecule has 0 spiro atoms. The van der Waals surface area contributed by atoms with Crippen LogP contribution in [-0.2, 0) is 0 Å². The van der Waals surface area contributed by atoms with Crippen molar-refractivity contribution in [3.8, 4) is 11.3 Å². The summed E-state index contributed by atoms with van der Waals surface area (Å²) >= 11 is 1.57. The highest BCUT2D eigenvalue weighted by atomic mass is 32.2. The van der Waals surface area contributed by atoms with Crippen LogP contribution in [0, 0.1) is 0 Å². The van der Waals surface area contributed by atoms with Crippen LogP contribution in [0.2, 0.25) is 0 Å². The molecular weight excluding hydrogens is 360 g/mol. The summed E-state index contributed by atoms with van der Waals surface area (Å²) in [6.07, 6.45) is 11.0. The van der Waals surface area contributed by atoms with Crippen molar-refractivity contribution in [2.75, 3.05) is 18.4 Å². The molecular formula is C18H22N8S. The van der Waals surface area contributed by atoms with Crippen LogP contribution in [0.3, 0.4) is 0 Å². The summed E-state index contributed by atoms with van der Waals surface area (Å²) in [5.41, 5.74) is 5.12. The Kier molecular flexibility index (Phi) is 4.33. The minimum atomic E-state index is 0.204. The third kappa shape index (κ3) is 3.21. The molecule has 5 heterocycles. The van der Waals surface area contributed by atoms with Crippen LogP contribution < -0.4 is 10.6 Å². The summed E-state index contributed by atoms with van der Waals surface area (Å²) < 4.78 is 6.58. The van der Waals surface area contributed by atoms with Crippen molar-refractivity contribution in [2.45, 2.75) is 37.5 Å². The van der Waals surface area contributed by atoms with E-state index in [0.717, 1.165) is 60.1 Å². The third-order valence-electron chi connectivity index (χ3n) is 5.13. The van der Waals surface area contributed by atoms with Gasteiger partial charge in [0.1, 0.15) is 5.37 Å². The van der Waals surface area contributed by atoms with Crippen LogP contribution >= 0.6 is 11.9 Å². The minimum Gasteiger partial charge on any atom is -0.353 e. The number of aromatic nitrogens is 5. The monoisotopic (exact) mass is 382 g/mol. The lowest BCUT2D eigenvalue weighted by molar-refractivity contribution is 0.454. The lowest BCUT2D eigenvalue weighted by Crippen LogP contribution is -2.29. The number of hydrogen-bond acceptors (Lipinski definition) is 7. The molecule has 2 aliphatic rings. The van der Waals surface area contributed by atoms with Crippen LogP contribution in [0.4, 0.5) is 5.82 Å². The molecule has 2 atom stereocenters. The molecule has 5 rings (SSSR count). The van der Waals surface area contributed by atoms with Crippen molar-refractivity contribution in [3.05, 3.63) is 30.5 Å². The molecule has 1 saturated heterocycles. The van der Waals surface area contributed by atoms with Gasteiger partial charge in [-0.25, -0.2) is 14.4 Å². The summed E-state index contributed by atoms with van der Waals surface area (Å²) in [5, 5.41) is 14.2. The first kappa shape index (κ1) is 16.8. The van der Waals surface area contributed by atoms with E-state index in [2.05, 4.69) is 47.7 Å². The molecule has 3 N–H and O–H groups in total. The highest BCUT2D eigenvalue weighted by Gasteiger charge is 2.23. The van der Waals surface area contributed by atoms with Crippen LogP contribution in [0.1, 0.15) is 37.8 Å². The average molecular weight is 382 g/mol. The fraction of sp³-hybridized carbons (Fsp3) is 0.444. The molecule has 0 aromatic carbocycles. The molecule has 0 bridgehead atoms. The third-order valence-corrected chi connectivity index (χ3v) is 6.09. The van der Waals surface area contributed by atoms with Gasteiger partial charge in [-0.05, 0) is 38.3 Å². The number of nitrogens with zero attached hydrogens (tertiary/aromatic N) is 5. The average Bonchev–Trinajstić information content (AvgIpc) is 3.43.